The number of hydrogen-bond donors (Lipinski definition) is 0. The van der Waals surface area contributed by atoms with E-state index in [1.165, 1.54) is 24.0 Å². The largest absolute Gasteiger partial charge is 0.373 e. The Balaban J connectivity index is 1.79. The molecule has 2 rings (SSSR count). The molecular weight excluding hydrogens is 274 g/mol. The van der Waals surface area contributed by atoms with E-state index >= 15 is 0 Å². The summed E-state index contributed by atoms with van der Waals surface area (Å²) in [6, 6.07) is 8.69. The molecule has 4 heteroatoms. The Labute approximate surface area is 134 Å². The second-order valence-corrected chi connectivity index (χ2v) is 6.27. The number of guanidine groups is 1. The number of rotatable bonds is 5. The molecule has 0 saturated carbocycles. The van der Waals surface area contributed by atoms with Gasteiger partial charge in [-0.2, -0.15) is 0 Å². The summed E-state index contributed by atoms with van der Waals surface area (Å²) in [5, 5.41) is 0. The number of fused-ring (bicyclic) bond motifs is 1. The maximum atomic E-state index is 6.12. The minimum absolute atomic E-state index is 0.274. The van der Waals surface area contributed by atoms with Gasteiger partial charge in [0.25, 0.3) is 0 Å². The SMILES string of the molecule is CN(C)C(=NCCCOC1CCCc2ccccc21)N(C)C. The minimum atomic E-state index is 0.274. The zero-order valence-corrected chi connectivity index (χ0v) is 14.4. The van der Waals surface area contributed by atoms with Gasteiger partial charge in [-0.3, -0.25) is 4.99 Å². The van der Waals surface area contributed by atoms with Crippen molar-refractivity contribution in [2.75, 3.05) is 41.3 Å². The highest BCUT2D eigenvalue weighted by Crippen LogP contribution is 2.32. The van der Waals surface area contributed by atoms with Crippen LogP contribution in [-0.2, 0) is 11.2 Å². The summed E-state index contributed by atoms with van der Waals surface area (Å²) in [6.07, 6.45) is 4.79. The molecule has 0 spiro atoms. The van der Waals surface area contributed by atoms with Gasteiger partial charge in [-0.05, 0) is 36.8 Å². The summed E-state index contributed by atoms with van der Waals surface area (Å²) in [5.41, 5.74) is 2.85. The maximum Gasteiger partial charge on any atom is 0.195 e. The van der Waals surface area contributed by atoms with Crippen LogP contribution in [-0.4, -0.2) is 57.1 Å². The summed E-state index contributed by atoms with van der Waals surface area (Å²) in [6.45, 7) is 1.58. The molecule has 0 N–H and O–H groups in total. The Kier molecular flexibility index (Phi) is 6.25. The fourth-order valence-corrected chi connectivity index (χ4v) is 3.03. The molecule has 22 heavy (non-hydrogen) atoms. The molecule has 1 unspecified atom stereocenters. The van der Waals surface area contributed by atoms with Gasteiger partial charge in [0.15, 0.2) is 5.96 Å². The molecule has 0 amide bonds. The molecule has 1 aromatic rings. The molecule has 0 fully saturated rings. The van der Waals surface area contributed by atoms with Crippen LogP contribution < -0.4 is 0 Å². The van der Waals surface area contributed by atoms with Gasteiger partial charge in [0, 0.05) is 41.3 Å². The lowest BCUT2D eigenvalue weighted by Gasteiger charge is -2.25. The molecule has 0 saturated heterocycles. The highest BCUT2D eigenvalue weighted by molar-refractivity contribution is 5.79. The van der Waals surface area contributed by atoms with Crippen LogP contribution in [0.5, 0.6) is 0 Å². The van der Waals surface area contributed by atoms with Crippen LogP contribution in [0.1, 0.15) is 36.5 Å². The summed E-state index contributed by atoms with van der Waals surface area (Å²) in [7, 11) is 8.09. The van der Waals surface area contributed by atoms with E-state index in [9.17, 15) is 0 Å². The van der Waals surface area contributed by atoms with Gasteiger partial charge in [0.2, 0.25) is 0 Å². The lowest BCUT2D eigenvalue weighted by molar-refractivity contribution is 0.0402. The van der Waals surface area contributed by atoms with Crippen LogP contribution in [0.15, 0.2) is 29.3 Å². The molecule has 0 aromatic heterocycles. The predicted molar refractivity (Wildman–Crippen MR) is 92.4 cm³/mol. The highest BCUT2D eigenvalue weighted by Gasteiger charge is 2.19. The summed E-state index contributed by atoms with van der Waals surface area (Å²) < 4.78 is 6.12. The van der Waals surface area contributed by atoms with Crippen molar-refractivity contribution in [1.82, 2.24) is 9.80 Å². The van der Waals surface area contributed by atoms with Crippen molar-refractivity contribution in [1.29, 1.82) is 0 Å². The predicted octanol–water partition coefficient (Wildman–Crippen LogP) is 2.95. The first-order chi connectivity index (χ1) is 10.6. The van der Waals surface area contributed by atoms with E-state index in [-0.39, 0.29) is 6.10 Å². The topological polar surface area (TPSA) is 28.1 Å². The van der Waals surface area contributed by atoms with E-state index in [1.54, 1.807) is 0 Å². The fourth-order valence-electron chi connectivity index (χ4n) is 3.03. The average molecular weight is 303 g/mol. The van der Waals surface area contributed by atoms with Crippen molar-refractivity contribution < 1.29 is 4.74 Å². The smallest absolute Gasteiger partial charge is 0.195 e. The maximum absolute atomic E-state index is 6.12. The van der Waals surface area contributed by atoms with Crippen molar-refractivity contribution in [3.63, 3.8) is 0 Å². The molecule has 122 valence electrons. The van der Waals surface area contributed by atoms with E-state index in [1.807, 2.05) is 38.0 Å². The van der Waals surface area contributed by atoms with Crippen molar-refractivity contribution in [3.8, 4) is 0 Å². The van der Waals surface area contributed by atoms with E-state index in [4.69, 9.17) is 4.74 Å². The molecule has 0 aliphatic heterocycles. The van der Waals surface area contributed by atoms with E-state index in [0.717, 1.165) is 32.0 Å². The molecule has 1 aliphatic carbocycles. The van der Waals surface area contributed by atoms with E-state index < -0.39 is 0 Å². The van der Waals surface area contributed by atoms with Gasteiger partial charge in [-0.25, -0.2) is 0 Å². The van der Waals surface area contributed by atoms with Crippen molar-refractivity contribution >= 4 is 5.96 Å². The number of nitrogens with zero attached hydrogens (tertiary/aromatic N) is 3. The second kappa shape index (κ2) is 8.18. The molecule has 0 bridgehead atoms. The van der Waals surface area contributed by atoms with E-state index in [0.29, 0.717) is 0 Å². The average Bonchev–Trinajstić information content (AvgIpc) is 2.50. The molecule has 0 heterocycles. The number of benzene rings is 1. The normalized spacial score (nSPS) is 16.8. The monoisotopic (exact) mass is 303 g/mol. The minimum Gasteiger partial charge on any atom is -0.373 e. The number of aryl methyl sites for hydroxylation is 1. The molecule has 1 aromatic carbocycles. The van der Waals surface area contributed by atoms with Crippen molar-refractivity contribution in [2.24, 2.45) is 4.99 Å². The number of hydrogen-bond acceptors (Lipinski definition) is 2. The van der Waals surface area contributed by atoms with Crippen LogP contribution >= 0.6 is 0 Å². The van der Waals surface area contributed by atoms with Gasteiger partial charge < -0.3 is 14.5 Å². The van der Waals surface area contributed by atoms with Crippen LogP contribution in [0.2, 0.25) is 0 Å². The van der Waals surface area contributed by atoms with Crippen molar-refractivity contribution in [2.45, 2.75) is 31.8 Å². The Morgan fingerprint density at radius 1 is 1.18 bits per heavy atom. The molecular formula is C18H29N3O. The lowest BCUT2D eigenvalue weighted by Crippen LogP contribution is -2.35. The summed E-state index contributed by atoms with van der Waals surface area (Å²) in [4.78, 5) is 8.72. The summed E-state index contributed by atoms with van der Waals surface area (Å²) in [5.74, 6) is 1.00. The third-order valence-electron chi connectivity index (χ3n) is 3.99. The van der Waals surface area contributed by atoms with Crippen LogP contribution in [0.25, 0.3) is 0 Å². The zero-order chi connectivity index (χ0) is 15.9. The molecule has 4 nitrogen and oxygen atoms in total. The van der Waals surface area contributed by atoms with Gasteiger partial charge in [-0.15, -0.1) is 0 Å². The fraction of sp³-hybridized carbons (Fsp3) is 0.611. The van der Waals surface area contributed by atoms with E-state index in [2.05, 4.69) is 29.3 Å². The third kappa shape index (κ3) is 4.47. The Morgan fingerprint density at radius 3 is 2.64 bits per heavy atom. The van der Waals surface area contributed by atoms with Gasteiger partial charge in [0.1, 0.15) is 0 Å². The first kappa shape index (κ1) is 16.8. The van der Waals surface area contributed by atoms with Crippen molar-refractivity contribution in [3.05, 3.63) is 35.4 Å². The quantitative estimate of drug-likeness (QED) is 0.475. The Morgan fingerprint density at radius 2 is 1.91 bits per heavy atom. The number of ether oxygens (including phenoxy) is 1. The zero-order valence-electron chi connectivity index (χ0n) is 14.4. The molecule has 1 atom stereocenters. The van der Waals surface area contributed by atoms with Gasteiger partial charge in [0.05, 0.1) is 6.10 Å². The van der Waals surface area contributed by atoms with Gasteiger partial charge in [-0.1, -0.05) is 24.3 Å². The van der Waals surface area contributed by atoms with Crippen LogP contribution in [0.3, 0.4) is 0 Å². The highest BCUT2D eigenvalue weighted by atomic mass is 16.5. The first-order valence-corrected chi connectivity index (χ1v) is 8.18. The standard InChI is InChI=1S/C18H29N3O/c1-20(2)18(21(3)4)19-13-8-14-22-17-12-7-10-15-9-5-6-11-16(15)17/h5-6,9,11,17H,7-8,10,12-14H2,1-4H3. The number of aliphatic imine (C=N–C) groups is 1. The van der Waals surface area contributed by atoms with Gasteiger partial charge >= 0.3 is 0 Å². The summed E-state index contributed by atoms with van der Waals surface area (Å²) >= 11 is 0. The van der Waals surface area contributed by atoms with Crippen LogP contribution in [0.4, 0.5) is 0 Å². The molecule has 0 radical (unpaired) electrons. The lowest BCUT2D eigenvalue weighted by atomic mass is 9.89. The Hall–Kier alpha value is -1.55. The Bertz CT molecular complexity index is 487. The molecule has 1 aliphatic rings. The first-order valence-electron chi connectivity index (χ1n) is 8.18. The van der Waals surface area contributed by atoms with Crippen LogP contribution in [0, 0.1) is 0 Å². The third-order valence-corrected chi connectivity index (χ3v) is 3.99. The second-order valence-electron chi connectivity index (χ2n) is 6.27.